The van der Waals surface area contributed by atoms with Gasteiger partial charge in [-0.15, -0.1) is 11.6 Å². The molecule has 0 bridgehead atoms. The summed E-state index contributed by atoms with van der Waals surface area (Å²) in [4.78, 5) is 23.5. The van der Waals surface area contributed by atoms with Crippen LogP contribution in [0, 0.1) is 0 Å². The maximum Gasteiger partial charge on any atom is 0.188 e. The Labute approximate surface area is 103 Å². The summed E-state index contributed by atoms with van der Waals surface area (Å²) >= 11 is 5.80. The van der Waals surface area contributed by atoms with Crippen molar-refractivity contribution in [3.8, 4) is 0 Å². The largest absolute Gasteiger partial charge is 0.297 e. The van der Waals surface area contributed by atoms with Crippen molar-refractivity contribution < 1.29 is 9.59 Å². The summed E-state index contributed by atoms with van der Waals surface area (Å²) in [5.74, 6) is -0.483. The van der Waals surface area contributed by atoms with Crippen LogP contribution in [0.15, 0.2) is 36.4 Å². The summed E-state index contributed by atoms with van der Waals surface area (Å²) in [5, 5.41) is 1.03. The van der Waals surface area contributed by atoms with Gasteiger partial charge in [0.05, 0.1) is 0 Å². The molecule has 1 unspecified atom stereocenters. The lowest BCUT2D eigenvalue weighted by Gasteiger charge is -2.18. The molecular formula is C14H9ClO2. The number of hydrogen-bond acceptors (Lipinski definition) is 2. The van der Waals surface area contributed by atoms with Gasteiger partial charge in [-0.3, -0.25) is 9.59 Å². The third kappa shape index (κ3) is 1.56. The van der Waals surface area contributed by atoms with E-state index in [1.54, 1.807) is 0 Å². The van der Waals surface area contributed by atoms with Crippen molar-refractivity contribution in [2.45, 2.75) is 11.8 Å². The van der Waals surface area contributed by atoms with Crippen molar-refractivity contribution in [2.75, 3.05) is 0 Å². The maximum atomic E-state index is 11.9. The number of benzene rings is 2. The average Bonchev–Trinajstić information content (AvgIpc) is 2.34. The third-order valence-corrected chi connectivity index (χ3v) is 3.56. The Morgan fingerprint density at radius 3 is 2.41 bits per heavy atom. The summed E-state index contributed by atoms with van der Waals surface area (Å²) < 4.78 is 0. The molecule has 0 amide bonds. The molecular weight excluding hydrogens is 236 g/mol. The molecule has 1 atom stereocenters. The fourth-order valence-corrected chi connectivity index (χ4v) is 2.42. The van der Waals surface area contributed by atoms with Gasteiger partial charge in [0.1, 0.15) is 0 Å². The third-order valence-electron chi connectivity index (χ3n) is 3.11. The molecule has 17 heavy (non-hydrogen) atoms. The Kier molecular flexibility index (Phi) is 2.26. The Balaban J connectivity index is 2.28. The standard InChI is InChI=1S/C14H9ClO2/c15-13-12(16)7-10-5-8-3-1-2-4-9(8)6-11(10)14(13)17/h1-6,13H,7H2. The van der Waals surface area contributed by atoms with Crippen LogP contribution in [0.4, 0.5) is 0 Å². The van der Waals surface area contributed by atoms with E-state index >= 15 is 0 Å². The minimum Gasteiger partial charge on any atom is -0.297 e. The number of fused-ring (bicyclic) bond motifs is 2. The zero-order valence-corrected chi connectivity index (χ0v) is 9.70. The summed E-state index contributed by atoms with van der Waals surface area (Å²) in [7, 11) is 0. The van der Waals surface area contributed by atoms with Gasteiger partial charge in [0.25, 0.3) is 0 Å². The van der Waals surface area contributed by atoms with Gasteiger partial charge in [0, 0.05) is 12.0 Å². The Hall–Kier alpha value is -1.67. The van der Waals surface area contributed by atoms with E-state index in [0.717, 1.165) is 16.3 Å². The fraction of sp³-hybridized carbons (Fsp3) is 0.143. The smallest absolute Gasteiger partial charge is 0.188 e. The number of ketones is 2. The number of alkyl halides is 1. The molecule has 0 heterocycles. The van der Waals surface area contributed by atoms with Crippen LogP contribution in [0.2, 0.25) is 0 Å². The second-order valence-electron chi connectivity index (χ2n) is 4.23. The number of rotatable bonds is 0. The zero-order valence-electron chi connectivity index (χ0n) is 8.94. The van der Waals surface area contributed by atoms with E-state index in [1.165, 1.54) is 0 Å². The van der Waals surface area contributed by atoms with Crippen molar-refractivity contribution >= 4 is 33.9 Å². The molecule has 0 spiro atoms. The van der Waals surface area contributed by atoms with E-state index in [2.05, 4.69) is 0 Å². The molecule has 3 rings (SSSR count). The van der Waals surface area contributed by atoms with E-state index in [4.69, 9.17) is 11.6 Å². The molecule has 0 fully saturated rings. The van der Waals surface area contributed by atoms with Gasteiger partial charge in [-0.1, -0.05) is 24.3 Å². The molecule has 1 aliphatic carbocycles. The van der Waals surface area contributed by atoms with Crippen LogP contribution in [0.3, 0.4) is 0 Å². The maximum absolute atomic E-state index is 11.9. The Morgan fingerprint density at radius 1 is 1.06 bits per heavy atom. The van der Waals surface area contributed by atoms with Gasteiger partial charge in [0.15, 0.2) is 16.9 Å². The molecule has 0 saturated carbocycles. The quantitative estimate of drug-likeness (QED) is 0.528. The number of halogens is 1. The lowest BCUT2D eigenvalue weighted by Crippen LogP contribution is -2.32. The van der Waals surface area contributed by atoms with Gasteiger partial charge in [-0.2, -0.15) is 0 Å². The number of carbonyl (C=O) groups is 2. The topological polar surface area (TPSA) is 34.1 Å². The van der Waals surface area contributed by atoms with E-state index < -0.39 is 5.38 Å². The first-order valence-electron chi connectivity index (χ1n) is 5.39. The van der Waals surface area contributed by atoms with E-state index in [1.807, 2.05) is 36.4 Å². The molecule has 0 radical (unpaired) electrons. The summed E-state index contributed by atoms with van der Waals surface area (Å²) in [6.07, 6.45) is 0.250. The van der Waals surface area contributed by atoms with Crippen LogP contribution >= 0.6 is 11.6 Å². The first-order valence-corrected chi connectivity index (χ1v) is 5.83. The molecule has 1 aliphatic rings. The van der Waals surface area contributed by atoms with Crippen molar-refractivity contribution in [2.24, 2.45) is 0 Å². The lowest BCUT2D eigenvalue weighted by molar-refractivity contribution is -0.117. The second-order valence-corrected chi connectivity index (χ2v) is 4.66. The lowest BCUT2D eigenvalue weighted by atomic mass is 9.87. The first kappa shape index (κ1) is 10.5. The summed E-state index contributed by atoms with van der Waals surface area (Å²) in [6, 6.07) is 11.5. The summed E-state index contributed by atoms with van der Waals surface area (Å²) in [6.45, 7) is 0. The molecule has 2 aromatic rings. The van der Waals surface area contributed by atoms with Crippen LogP contribution in [0.1, 0.15) is 15.9 Å². The number of carbonyl (C=O) groups excluding carboxylic acids is 2. The number of hydrogen-bond donors (Lipinski definition) is 0. The molecule has 0 saturated heterocycles. The zero-order chi connectivity index (χ0) is 12.0. The minimum atomic E-state index is -1.01. The molecule has 2 nitrogen and oxygen atoms in total. The van der Waals surface area contributed by atoms with E-state index in [9.17, 15) is 9.59 Å². The highest BCUT2D eigenvalue weighted by atomic mass is 35.5. The molecule has 3 heteroatoms. The minimum absolute atomic E-state index is 0.209. The van der Waals surface area contributed by atoms with Crippen LogP contribution < -0.4 is 0 Å². The van der Waals surface area contributed by atoms with E-state index in [0.29, 0.717) is 5.56 Å². The monoisotopic (exact) mass is 244 g/mol. The van der Waals surface area contributed by atoms with Crippen molar-refractivity contribution in [3.05, 3.63) is 47.5 Å². The second kappa shape index (κ2) is 3.67. The number of Topliss-reactive ketones (excluding diaryl/α,β-unsaturated/α-hetero) is 2. The molecule has 84 valence electrons. The van der Waals surface area contributed by atoms with Crippen molar-refractivity contribution in [1.29, 1.82) is 0 Å². The predicted octanol–water partition coefficient (Wildman–Crippen LogP) is 2.76. The van der Waals surface area contributed by atoms with Gasteiger partial charge in [-0.05, 0) is 28.5 Å². The highest BCUT2D eigenvalue weighted by molar-refractivity contribution is 6.46. The molecule has 2 aromatic carbocycles. The SMILES string of the molecule is O=C1Cc2cc3ccccc3cc2C(=O)C1Cl. The molecule has 0 N–H and O–H groups in total. The fourth-order valence-electron chi connectivity index (χ4n) is 2.22. The average molecular weight is 245 g/mol. The van der Waals surface area contributed by atoms with Crippen molar-refractivity contribution in [1.82, 2.24) is 0 Å². The first-order chi connectivity index (χ1) is 8.16. The normalized spacial score (nSPS) is 19.5. The van der Waals surface area contributed by atoms with E-state index in [-0.39, 0.29) is 18.0 Å². The van der Waals surface area contributed by atoms with Crippen LogP contribution in [-0.2, 0) is 11.2 Å². The predicted molar refractivity (Wildman–Crippen MR) is 66.6 cm³/mol. The van der Waals surface area contributed by atoms with Gasteiger partial charge >= 0.3 is 0 Å². The van der Waals surface area contributed by atoms with Gasteiger partial charge in [-0.25, -0.2) is 0 Å². The Morgan fingerprint density at radius 2 is 1.71 bits per heavy atom. The Bertz CT molecular complexity index is 646. The molecule has 0 aromatic heterocycles. The van der Waals surface area contributed by atoms with Crippen LogP contribution in [0.5, 0.6) is 0 Å². The molecule has 0 aliphatic heterocycles. The van der Waals surface area contributed by atoms with Crippen LogP contribution in [0.25, 0.3) is 10.8 Å². The van der Waals surface area contributed by atoms with Crippen LogP contribution in [-0.4, -0.2) is 16.9 Å². The summed E-state index contributed by atoms with van der Waals surface area (Å²) in [5.41, 5.74) is 1.37. The highest BCUT2D eigenvalue weighted by Crippen LogP contribution is 2.27. The van der Waals surface area contributed by atoms with Gasteiger partial charge in [0.2, 0.25) is 0 Å². The highest BCUT2D eigenvalue weighted by Gasteiger charge is 2.32. The van der Waals surface area contributed by atoms with Crippen molar-refractivity contribution in [3.63, 3.8) is 0 Å². The van der Waals surface area contributed by atoms with Gasteiger partial charge < -0.3 is 0 Å².